The van der Waals surface area contributed by atoms with Gasteiger partial charge in [-0.3, -0.25) is 14.3 Å². The molecular formula is C22H27N9O3. The third-order valence-corrected chi connectivity index (χ3v) is 5.92. The smallest absolute Gasteiger partial charge is 0.333 e. The van der Waals surface area contributed by atoms with Crippen molar-refractivity contribution in [1.29, 1.82) is 5.26 Å². The molecule has 0 amide bonds. The van der Waals surface area contributed by atoms with Gasteiger partial charge in [-0.05, 0) is 31.9 Å². The van der Waals surface area contributed by atoms with Gasteiger partial charge >= 0.3 is 5.69 Å². The van der Waals surface area contributed by atoms with E-state index in [9.17, 15) is 14.9 Å². The molecule has 2 aromatic rings. The number of aromatic nitrogens is 3. The number of likely N-dealkylation sites (tertiary alicyclic amines) is 1. The topological polar surface area (TPSA) is 146 Å². The predicted molar refractivity (Wildman–Crippen MR) is 126 cm³/mol. The monoisotopic (exact) mass is 465 g/mol. The summed E-state index contributed by atoms with van der Waals surface area (Å²) in [6, 6.07) is 5.18. The third kappa shape index (κ3) is 4.34. The molecule has 0 saturated carbocycles. The summed E-state index contributed by atoms with van der Waals surface area (Å²) in [4.78, 5) is 39.9. The van der Waals surface area contributed by atoms with Crippen LogP contribution in [0.1, 0.15) is 25.3 Å². The minimum absolute atomic E-state index is 0.0464. The summed E-state index contributed by atoms with van der Waals surface area (Å²) in [7, 11) is 1.60. The quantitative estimate of drug-likeness (QED) is 0.370. The Morgan fingerprint density at radius 1 is 1.41 bits per heavy atom. The maximum atomic E-state index is 13.5. The minimum Gasteiger partial charge on any atom is -0.385 e. The van der Waals surface area contributed by atoms with E-state index in [1.165, 1.54) is 10.8 Å². The van der Waals surface area contributed by atoms with Crippen LogP contribution in [0, 0.1) is 23.2 Å². The van der Waals surface area contributed by atoms with E-state index in [0.717, 1.165) is 24.0 Å². The molecule has 0 radical (unpaired) electrons. The fourth-order valence-electron chi connectivity index (χ4n) is 4.24. The van der Waals surface area contributed by atoms with Crippen molar-refractivity contribution in [3.05, 3.63) is 44.7 Å². The molecule has 0 bridgehead atoms. The van der Waals surface area contributed by atoms with Crippen LogP contribution in [0.4, 0.5) is 11.5 Å². The Hall–Kier alpha value is -3.84. The predicted octanol–water partition coefficient (Wildman–Crippen LogP) is -0.683. The Balaban J connectivity index is 1.65. The van der Waals surface area contributed by atoms with Crippen LogP contribution in [0.15, 0.2) is 27.9 Å². The summed E-state index contributed by atoms with van der Waals surface area (Å²) in [6.07, 6.45) is 3.04. The van der Waals surface area contributed by atoms with Crippen molar-refractivity contribution in [3.63, 3.8) is 0 Å². The Morgan fingerprint density at radius 3 is 2.97 bits per heavy atom. The molecule has 1 fully saturated rings. The van der Waals surface area contributed by atoms with E-state index in [1.807, 2.05) is 11.0 Å². The number of nitrogens with two attached hydrogens (primary N) is 1. The van der Waals surface area contributed by atoms with Gasteiger partial charge in [0.2, 0.25) is 0 Å². The highest BCUT2D eigenvalue weighted by Crippen LogP contribution is 2.32. The lowest BCUT2D eigenvalue weighted by Crippen LogP contribution is -2.56. The number of hydrogen-bond donors (Lipinski definition) is 3. The molecule has 2 aliphatic heterocycles. The summed E-state index contributed by atoms with van der Waals surface area (Å²) < 4.78 is 2.43. The lowest BCUT2D eigenvalue weighted by Gasteiger charge is -2.39. The molecular weight excluding hydrogens is 438 g/mol. The molecule has 0 aliphatic carbocycles. The van der Waals surface area contributed by atoms with Gasteiger partial charge in [0.25, 0.3) is 11.4 Å². The molecule has 34 heavy (non-hydrogen) atoms. The van der Waals surface area contributed by atoms with Gasteiger partial charge in [0.15, 0.2) is 6.29 Å². The maximum Gasteiger partial charge on any atom is 0.333 e. The lowest BCUT2D eigenvalue weighted by molar-refractivity contribution is 0.155. The van der Waals surface area contributed by atoms with E-state index in [4.69, 9.17) is 10.6 Å². The van der Waals surface area contributed by atoms with Crippen molar-refractivity contribution in [2.45, 2.75) is 38.8 Å². The summed E-state index contributed by atoms with van der Waals surface area (Å²) in [6.45, 7) is 3.29. The van der Waals surface area contributed by atoms with Crippen LogP contribution >= 0.6 is 0 Å². The second kappa shape index (κ2) is 9.97. The standard InChI is InChI=1S/C22H27N9O3/c1-3-4-11-30-17-18(27-21(30)29-10-6-8-16(24)13-29)28(2)22(33)31(20(17)32)14-26-34-19-15(12-23)7-5-9-25-19/h5,7,9,16,21,26-27H,6,8,10-11,13-14,24H2,1-2H3. The Bertz CT molecular complexity index is 1280. The number of nitrogens with zero attached hydrogens (tertiary/aromatic N) is 6. The second-order valence-corrected chi connectivity index (χ2v) is 8.11. The molecule has 4 rings (SSSR count). The highest BCUT2D eigenvalue weighted by Gasteiger charge is 2.39. The zero-order chi connectivity index (χ0) is 24.2. The highest BCUT2D eigenvalue weighted by molar-refractivity contribution is 5.72. The van der Waals surface area contributed by atoms with Crippen LogP contribution in [0.5, 0.6) is 5.88 Å². The zero-order valence-corrected chi connectivity index (χ0v) is 19.1. The van der Waals surface area contributed by atoms with Crippen molar-refractivity contribution in [2.24, 2.45) is 12.8 Å². The van der Waals surface area contributed by atoms with E-state index in [1.54, 1.807) is 26.1 Å². The van der Waals surface area contributed by atoms with Gasteiger partial charge in [0.05, 0.1) is 6.54 Å². The number of anilines is 2. The Kier molecular flexibility index (Phi) is 6.84. The molecule has 2 aliphatic rings. The van der Waals surface area contributed by atoms with Crippen LogP contribution in [-0.4, -0.2) is 51.0 Å². The van der Waals surface area contributed by atoms with Crippen molar-refractivity contribution < 1.29 is 4.84 Å². The van der Waals surface area contributed by atoms with Crippen molar-refractivity contribution >= 4 is 11.5 Å². The largest absolute Gasteiger partial charge is 0.385 e. The lowest BCUT2D eigenvalue weighted by atomic mass is 10.1. The molecule has 2 atom stereocenters. The van der Waals surface area contributed by atoms with Crippen LogP contribution in [0.2, 0.25) is 0 Å². The number of fused-ring (bicyclic) bond motifs is 1. The normalized spacial score (nSPS) is 19.5. The maximum absolute atomic E-state index is 13.5. The summed E-state index contributed by atoms with van der Waals surface area (Å²) in [5.41, 5.74) is 8.34. The molecule has 4 heterocycles. The van der Waals surface area contributed by atoms with Crippen molar-refractivity contribution in [2.75, 3.05) is 29.9 Å². The molecule has 12 heteroatoms. The van der Waals surface area contributed by atoms with Crippen LogP contribution in [0.25, 0.3) is 0 Å². The van der Waals surface area contributed by atoms with Gasteiger partial charge in [-0.25, -0.2) is 14.3 Å². The van der Waals surface area contributed by atoms with E-state index >= 15 is 0 Å². The summed E-state index contributed by atoms with van der Waals surface area (Å²) >= 11 is 0. The number of piperidine rings is 1. The number of nitrogens with one attached hydrogen (secondary N) is 2. The van der Waals surface area contributed by atoms with Crippen molar-refractivity contribution in [3.8, 4) is 23.8 Å². The first kappa shape index (κ1) is 23.3. The third-order valence-electron chi connectivity index (χ3n) is 5.92. The van der Waals surface area contributed by atoms with Gasteiger partial charge in [0.1, 0.15) is 29.8 Å². The zero-order valence-electron chi connectivity index (χ0n) is 19.1. The number of hydrogen-bond acceptors (Lipinski definition) is 10. The van der Waals surface area contributed by atoms with Crippen LogP contribution < -0.4 is 37.5 Å². The van der Waals surface area contributed by atoms with E-state index in [2.05, 4.69) is 32.5 Å². The number of pyridine rings is 1. The molecule has 12 nitrogen and oxygen atoms in total. The molecule has 1 saturated heterocycles. The fourth-order valence-corrected chi connectivity index (χ4v) is 4.24. The highest BCUT2D eigenvalue weighted by atomic mass is 16.7. The molecule has 2 aromatic heterocycles. The molecule has 0 aromatic carbocycles. The average Bonchev–Trinajstić information content (AvgIpc) is 3.23. The molecule has 2 unspecified atom stereocenters. The number of nitriles is 1. The van der Waals surface area contributed by atoms with Gasteiger partial charge in [-0.15, -0.1) is 11.4 Å². The summed E-state index contributed by atoms with van der Waals surface area (Å²) in [5.74, 6) is 6.40. The summed E-state index contributed by atoms with van der Waals surface area (Å²) in [5, 5.41) is 12.5. The second-order valence-electron chi connectivity index (χ2n) is 8.11. The molecule has 0 spiro atoms. The minimum atomic E-state index is -0.522. The molecule has 4 N–H and O–H groups in total. The fraction of sp³-hybridized carbons (Fsp3) is 0.455. The van der Waals surface area contributed by atoms with Gasteiger partial charge in [-0.2, -0.15) is 5.26 Å². The first-order valence-corrected chi connectivity index (χ1v) is 11.0. The van der Waals surface area contributed by atoms with Gasteiger partial charge in [0, 0.05) is 32.4 Å². The first-order valence-electron chi connectivity index (χ1n) is 11.0. The van der Waals surface area contributed by atoms with E-state index in [0.29, 0.717) is 24.6 Å². The van der Waals surface area contributed by atoms with E-state index < -0.39 is 11.2 Å². The SMILES string of the molecule is CC#CCN1c2c(n(C)c(=O)n(CNOc3ncccc3C#N)c2=O)NC1N1CCCC(N)C1. The number of rotatable bonds is 6. The Labute approximate surface area is 196 Å². The van der Waals surface area contributed by atoms with E-state index in [-0.39, 0.29) is 30.4 Å². The van der Waals surface area contributed by atoms with Crippen molar-refractivity contribution in [1.82, 2.24) is 24.5 Å². The van der Waals surface area contributed by atoms with Gasteiger partial charge in [-0.1, -0.05) is 5.92 Å². The average molecular weight is 466 g/mol. The first-order chi connectivity index (χ1) is 16.5. The van der Waals surface area contributed by atoms with Crippen LogP contribution in [0.3, 0.4) is 0 Å². The van der Waals surface area contributed by atoms with Gasteiger partial charge < -0.3 is 20.8 Å². The number of hydroxylamine groups is 1. The van der Waals surface area contributed by atoms with Crippen LogP contribution in [-0.2, 0) is 13.7 Å². The molecule has 178 valence electrons. The Morgan fingerprint density at radius 2 is 2.24 bits per heavy atom.